The third-order valence-corrected chi connectivity index (χ3v) is 5.25. The van der Waals surface area contributed by atoms with Crippen LogP contribution in [-0.4, -0.2) is 23.3 Å². The Kier molecular flexibility index (Phi) is 6.29. The molecule has 158 valence electrons. The molecule has 30 heavy (non-hydrogen) atoms. The predicted octanol–water partition coefficient (Wildman–Crippen LogP) is 4.73. The fraction of sp³-hybridized carbons (Fsp3) is 0.304. The quantitative estimate of drug-likeness (QED) is 0.717. The lowest BCUT2D eigenvalue weighted by Crippen LogP contribution is -2.31. The fourth-order valence-electron chi connectivity index (χ4n) is 3.67. The molecule has 4 nitrogen and oxygen atoms in total. The van der Waals surface area contributed by atoms with E-state index >= 15 is 0 Å². The number of hydrogen-bond donors (Lipinski definition) is 1. The summed E-state index contributed by atoms with van der Waals surface area (Å²) in [5.41, 5.74) is 1.34. The van der Waals surface area contributed by atoms with E-state index in [1.807, 2.05) is 6.92 Å². The summed E-state index contributed by atoms with van der Waals surface area (Å²) in [4.78, 5) is 26.1. The van der Waals surface area contributed by atoms with E-state index in [4.69, 9.17) is 0 Å². The van der Waals surface area contributed by atoms with Crippen molar-refractivity contribution in [1.29, 1.82) is 0 Å². The average molecular weight is 416 g/mol. The Morgan fingerprint density at radius 3 is 2.33 bits per heavy atom. The molecule has 1 fully saturated rings. The van der Waals surface area contributed by atoms with E-state index in [-0.39, 0.29) is 23.8 Å². The van der Waals surface area contributed by atoms with E-state index in [0.717, 1.165) is 17.7 Å². The van der Waals surface area contributed by atoms with Gasteiger partial charge < -0.3 is 10.2 Å². The van der Waals surface area contributed by atoms with E-state index in [1.165, 1.54) is 18.2 Å². The minimum atomic E-state index is -4.39. The number of likely N-dealkylation sites (tertiary alicyclic amines) is 1. The number of hydrogen-bond acceptors (Lipinski definition) is 2. The number of amides is 2. The van der Waals surface area contributed by atoms with Gasteiger partial charge >= 0.3 is 6.18 Å². The molecule has 1 saturated heterocycles. The summed E-state index contributed by atoms with van der Waals surface area (Å²) in [6, 6.07) is 11.7. The van der Waals surface area contributed by atoms with Crippen molar-refractivity contribution in [2.24, 2.45) is 5.92 Å². The molecule has 2 atom stereocenters. The minimum Gasteiger partial charge on any atom is -0.348 e. The highest BCUT2D eigenvalue weighted by Gasteiger charge is 2.35. The smallest absolute Gasteiger partial charge is 0.348 e. The number of carbonyl (C=O) groups is 2. The lowest BCUT2D eigenvalue weighted by Gasteiger charge is -2.25. The van der Waals surface area contributed by atoms with Crippen molar-refractivity contribution in [3.8, 4) is 0 Å². The first-order chi connectivity index (χ1) is 14.2. The summed E-state index contributed by atoms with van der Waals surface area (Å²) in [5.74, 6) is -0.193. The highest BCUT2D eigenvalue weighted by atomic mass is 19.4. The van der Waals surface area contributed by atoms with Crippen LogP contribution in [0.4, 0.5) is 13.2 Å². The predicted molar refractivity (Wildman–Crippen MR) is 107 cm³/mol. The van der Waals surface area contributed by atoms with Crippen molar-refractivity contribution in [3.05, 3.63) is 83.4 Å². The Labute approximate surface area is 173 Å². The molecule has 0 spiro atoms. The molecule has 0 unspecified atom stereocenters. The standard InChI is InChI=1S/C23H23F3N2O2/c1-3-21(29)27-13-16-4-6-18(7-5-16)22(30)28-14-15(2)12-20(28)17-8-10-19(11-9-17)23(24,25)26/h3-11,15,20H,1,12-14H2,2H3,(H,27,29)/t15-,20-/m1/s1. The molecule has 0 bridgehead atoms. The van der Waals surface area contributed by atoms with E-state index in [1.54, 1.807) is 29.2 Å². The van der Waals surface area contributed by atoms with Crippen LogP contribution >= 0.6 is 0 Å². The molecule has 2 aromatic rings. The van der Waals surface area contributed by atoms with Gasteiger partial charge in [0.2, 0.25) is 5.91 Å². The average Bonchev–Trinajstić information content (AvgIpc) is 3.13. The molecule has 3 rings (SSSR count). The van der Waals surface area contributed by atoms with Crippen molar-refractivity contribution >= 4 is 11.8 Å². The number of nitrogens with zero attached hydrogens (tertiary/aromatic N) is 1. The first kappa shape index (κ1) is 21.6. The van der Waals surface area contributed by atoms with Crippen molar-refractivity contribution in [2.75, 3.05) is 6.54 Å². The minimum absolute atomic E-state index is 0.161. The molecule has 1 aliphatic rings. The van der Waals surface area contributed by atoms with Crippen LogP contribution in [0.1, 0.15) is 46.4 Å². The van der Waals surface area contributed by atoms with E-state index in [2.05, 4.69) is 11.9 Å². The normalized spacial score (nSPS) is 18.9. The van der Waals surface area contributed by atoms with E-state index in [9.17, 15) is 22.8 Å². The number of carbonyl (C=O) groups excluding carboxylic acids is 2. The summed E-state index contributed by atoms with van der Waals surface area (Å²) in [6.45, 7) is 6.29. The molecule has 1 aliphatic heterocycles. The van der Waals surface area contributed by atoms with Gasteiger partial charge in [-0.1, -0.05) is 37.8 Å². The summed E-state index contributed by atoms with van der Waals surface area (Å²) in [6.07, 6.45) is -2.50. The number of alkyl halides is 3. The maximum atomic E-state index is 13.1. The summed E-state index contributed by atoms with van der Waals surface area (Å²) < 4.78 is 38.5. The van der Waals surface area contributed by atoms with Gasteiger partial charge in [0.05, 0.1) is 11.6 Å². The maximum Gasteiger partial charge on any atom is 0.416 e. The zero-order chi connectivity index (χ0) is 21.9. The maximum absolute atomic E-state index is 13.1. The zero-order valence-corrected chi connectivity index (χ0v) is 16.6. The van der Waals surface area contributed by atoms with Gasteiger partial charge in [0.25, 0.3) is 5.91 Å². The third-order valence-electron chi connectivity index (χ3n) is 5.25. The van der Waals surface area contributed by atoms with Crippen LogP contribution in [-0.2, 0) is 17.5 Å². The van der Waals surface area contributed by atoms with Crippen LogP contribution < -0.4 is 5.32 Å². The Balaban J connectivity index is 1.75. The van der Waals surface area contributed by atoms with Crippen LogP contribution in [0.5, 0.6) is 0 Å². The molecule has 2 amide bonds. The highest BCUT2D eigenvalue weighted by Crippen LogP contribution is 2.37. The van der Waals surface area contributed by atoms with Crippen LogP contribution in [0.15, 0.2) is 61.2 Å². The van der Waals surface area contributed by atoms with Gasteiger partial charge in [0.1, 0.15) is 0 Å². The van der Waals surface area contributed by atoms with Crippen LogP contribution in [0, 0.1) is 5.92 Å². The van der Waals surface area contributed by atoms with Gasteiger partial charge in [-0.25, -0.2) is 0 Å². The molecule has 0 radical (unpaired) electrons. The molecule has 0 saturated carbocycles. The van der Waals surface area contributed by atoms with Gasteiger partial charge in [0.15, 0.2) is 0 Å². The van der Waals surface area contributed by atoms with Crippen molar-refractivity contribution in [3.63, 3.8) is 0 Å². The Morgan fingerprint density at radius 2 is 1.77 bits per heavy atom. The van der Waals surface area contributed by atoms with Crippen LogP contribution in [0.3, 0.4) is 0 Å². The van der Waals surface area contributed by atoms with Gasteiger partial charge in [-0.3, -0.25) is 9.59 Å². The number of rotatable bonds is 5. The first-order valence-electron chi connectivity index (χ1n) is 9.66. The second-order valence-electron chi connectivity index (χ2n) is 7.55. The monoisotopic (exact) mass is 416 g/mol. The number of benzene rings is 2. The molecule has 1 heterocycles. The lowest BCUT2D eigenvalue weighted by molar-refractivity contribution is -0.137. The highest BCUT2D eigenvalue weighted by molar-refractivity contribution is 5.94. The zero-order valence-electron chi connectivity index (χ0n) is 16.6. The molecule has 7 heteroatoms. The van der Waals surface area contributed by atoms with Gasteiger partial charge in [-0.05, 0) is 53.8 Å². The molecule has 1 N–H and O–H groups in total. The Morgan fingerprint density at radius 1 is 1.13 bits per heavy atom. The summed E-state index contributed by atoms with van der Waals surface area (Å²) in [7, 11) is 0. The molecular weight excluding hydrogens is 393 g/mol. The summed E-state index contributed by atoms with van der Waals surface area (Å²) in [5, 5.41) is 2.67. The molecule has 2 aromatic carbocycles. The SMILES string of the molecule is C=CC(=O)NCc1ccc(C(=O)N2C[C@H](C)C[C@@H]2c2ccc(C(F)(F)F)cc2)cc1. The Hall–Kier alpha value is -3.09. The van der Waals surface area contributed by atoms with Gasteiger partial charge in [-0.15, -0.1) is 0 Å². The molecule has 0 aromatic heterocycles. The molecular formula is C23H23F3N2O2. The number of nitrogens with one attached hydrogen (secondary N) is 1. The molecule has 0 aliphatic carbocycles. The lowest BCUT2D eigenvalue weighted by atomic mass is 9.99. The van der Waals surface area contributed by atoms with Crippen molar-refractivity contribution in [2.45, 2.75) is 32.1 Å². The Bertz CT molecular complexity index is 921. The third kappa shape index (κ3) is 4.90. The van der Waals surface area contributed by atoms with E-state index < -0.39 is 11.7 Å². The first-order valence-corrected chi connectivity index (χ1v) is 9.66. The van der Waals surface area contributed by atoms with Gasteiger partial charge in [0, 0.05) is 18.7 Å². The van der Waals surface area contributed by atoms with Crippen molar-refractivity contribution < 1.29 is 22.8 Å². The second-order valence-corrected chi connectivity index (χ2v) is 7.55. The van der Waals surface area contributed by atoms with E-state index in [0.29, 0.717) is 30.6 Å². The summed E-state index contributed by atoms with van der Waals surface area (Å²) >= 11 is 0. The van der Waals surface area contributed by atoms with Crippen molar-refractivity contribution in [1.82, 2.24) is 10.2 Å². The van der Waals surface area contributed by atoms with Crippen LogP contribution in [0.2, 0.25) is 0 Å². The van der Waals surface area contributed by atoms with Crippen LogP contribution in [0.25, 0.3) is 0 Å². The number of halogens is 3. The second kappa shape index (κ2) is 8.73. The van der Waals surface area contributed by atoms with Gasteiger partial charge in [-0.2, -0.15) is 13.2 Å². The fourth-order valence-corrected chi connectivity index (χ4v) is 3.67. The largest absolute Gasteiger partial charge is 0.416 e. The topological polar surface area (TPSA) is 49.4 Å².